The number of carbonyl (C=O) groups excluding carboxylic acids is 3. The zero-order valence-corrected chi connectivity index (χ0v) is 25.8. The van der Waals surface area contributed by atoms with E-state index >= 15 is 0 Å². The second-order valence-electron chi connectivity index (χ2n) is 11.8. The number of nitrogens with zero attached hydrogens (tertiary/aromatic N) is 1. The normalized spacial score (nSPS) is 12.0. The van der Waals surface area contributed by atoms with Crippen LogP contribution in [-0.4, -0.2) is 41.5 Å². The third-order valence-corrected chi connectivity index (χ3v) is 6.70. The number of benzene rings is 2. The summed E-state index contributed by atoms with van der Waals surface area (Å²) >= 11 is 0. The second kappa shape index (κ2) is 15.4. The lowest BCUT2D eigenvalue weighted by molar-refractivity contribution is -0.138. The third kappa shape index (κ3) is 10.7. The van der Waals surface area contributed by atoms with Gasteiger partial charge in [-0.25, -0.2) is 4.79 Å². The van der Waals surface area contributed by atoms with Gasteiger partial charge >= 0.3 is 6.09 Å². The van der Waals surface area contributed by atoms with Gasteiger partial charge < -0.3 is 20.3 Å². The van der Waals surface area contributed by atoms with Crippen LogP contribution in [0.25, 0.3) is 0 Å². The van der Waals surface area contributed by atoms with Crippen LogP contribution in [0.3, 0.4) is 0 Å². The van der Waals surface area contributed by atoms with Crippen LogP contribution in [0.1, 0.15) is 100 Å². The first kappa shape index (κ1) is 32.9. The number of unbranched alkanes of at least 4 members (excludes halogenated alkanes) is 5. The predicted molar refractivity (Wildman–Crippen MR) is 163 cm³/mol. The summed E-state index contributed by atoms with van der Waals surface area (Å²) in [4.78, 5) is 41.8. The van der Waals surface area contributed by atoms with Gasteiger partial charge in [-0.05, 0) is 71.6 Å². The first-order valence-electron chi connectivity index (χ1n) is 14.5. The van der Waals surface area contributed by atoms with Crippen LogP contribution < -0.4 is 10.6 Å². The van der Waals surface area contributed by atoms with Crippen molar-refractivity contribution in [2.45, 2.75) is 106 Å². The van der Waals surface area contributed by atoms with Gasteiger partial charge in [0.25, 0.3) is 5.91 Å². The number of ether oxygens (including phenoxy) is 1. The molecule has 0 aliphatic rings. The summed E-state index contributed by atoms with van der Waals surface area (Å²) in [6, 6.07) is 11.0. The fourth-order valence-corrected chi connectivity index (χ4v) is 4.87. The lowest BCUT2D eigenvalue weighted by atomic mass is 9.98. The molecule has 0 saturated heterocycles. The van der Waals surface area contributed by atoms with Crippen LogP contribution in [-0.2, 0) is 14.3 Å². The number of carbonyl (C=O) groups is 3. The van der Waals surface area contributed by atoms with E-state index in [-0.39, 0.29) is 18.4 Å². The average Bonchev–Trinajstić information content (AvgIpc) is 2.84. The molecule has 0 bridgehead atoms. The molecule has 0 heterocycles. The maximum absolute atomic E-state index is 14.1. The Morgan fingerprint density at radius 3 is 2.02 bits per heavy atom. The predicted octanol–water partition coefficient (Wildman–Crippen LogP) is 7.31. The van der Waals surface area contributed by atoms with E-state index in [1.165, 1.54) is 6.42 Å². The Labute approximate surface area is 241 Å². The van der Waals surface area contributed by atoms with E-state index in [4.69, 9.17) is 4.74 Å². The SMILES string of the molecule is CCCCCCCCN(C(=O)CNC(=O)OC(C)(C)C)C(C(=O)Nc1c(C)cccc1C)c1cc(C)cc(C)c1. The molecule has 7 heteroatoms. The smallest absolute Gasteiger partial charge is 0.408 e. The number of anilines is 1. The van der Waals surface area contributed by atoms with Gasteiger partial charge in [0.1, 0.15) is 18.2 Å². The number of rotatable bonds is 13. The lowest BCUT2D eigenvalue weighted by Gasteiger charge is -2.32. The first-order chi connectivity index (χ1) is 18.8. The highest BCUT2D eigenvalue weighted by molar-refractivity contribution is 5.99. The summed E-state index contributed by atoms with van der Waals surface area (Å²) in [7, 11) is 0. The van der Waals surface area contributed by atoms with Crippen molar-refractivity contribution < 1.29 is 19.1 Å². The first-order valence-corrected chi connectivity index (χ1v) is 14.5. The summed E-state index contributed by atoms with van der Waals surface area (Å²) in [5, 5.41) is 5.71. The molecule has 40 heavy (non-hydrogen) atoms. The van der Waals surface area contributed by atoms with E-state index < -0.39 is 17.7 Å². The number of hydrogen-bond donors (Lipinski definition) is 2. The molecular weight excluding hydrogens is 502 g/mol. The highest BCUT2D eigenvalue weighted by atomic mass is 16.6. The Bertz CT molecular complexity index is 1110. The van der Waals surface area contributed by atoms with E-state index in [1.54, 1.807) is 25.7 Å². The van der Waals surface area contributed by atoms with Crippen molar-refractivity contribution in [3.63, 3.8) is 0 Å². The standard InChI is InChI=1S/C33H49N3O4/c1-9-10-11-12-13-14-18-36(28(37)22-34-32(39)40-33(6,7)8)30(27-20-23(2)19-24(3)21-27)31(38)35-29-25(4)16-15-17-26(29)5/h15-17,19-21,30H,9-14,18,22H2,1-8H3,(H,34,39)(H,35,38). The number of amides is 3. The summed E-state index contributed by atoms with van der Waals surface area (Å²) in [6.07, 6.45) is 5.64. The molecule has 0 fully saturated rings. The van der Waals surface area contributed by atoms with Crippen molar-refractivity contribution in [2.24, 2.45) is 0 Å². The van der Waals surface area contributed by atoms with Crippen LogP contribution in [0.15, 0.2) is 36.4 Å². The monoisotopic (exact) mass is 551 g/mol. The molecule has 7 nitrogen and oxygen atoms in total. The van der Waals surface area contributed by atoms with Gasteiger partial charge in [0.2, 0.25) is 5.91 Å². The molecule has 0 saturated carbocycles. The minimum Gasteiger partial charge on any atom is -0.444 e. The number of aryl methyl sites for hydroxylation is 4. The molecule has 2 N–H and O–H groups in total. The maximum Gasteiger partial charge on any atom is 0.408 e. The quantitative estimate of drug-likeness (QED) is 0.255. The fraction of sp³-hybridized carbons (Fsp3) is 0.545. The van der Waals surface area contributed by atoms with Crippen molar-refractivity contribution in [2.75, 3.05) is 18.4 Å². The summed E-state index contributed by atoms with van der Waals surface area (Å²) < 4.78 is 5.33. The zero-order chi connectivity index (χ0) is 29.9. The van der Waals surface area contributed by atoms with E-state index in [0.717, 1.165) is 65.6 Å². The molecular formula is C33H49N3O4. The van der Waals surface area contributed by atoms with E-state index in [0.29, 0.717) is 6.54 Å². The molecule has 0 aromatic heterocycles. The molecule has 2 rings (SSSR count). The number of nitrogens with one attached hydrogen (secondary N) is 2. The van der Waals surface area contributed by atoms with Gasteiger partial charge in [0.15, 0.2) is 0 Å². The molecule has 2 aromatic carbocycles. The Morgan fingerprint density at radius 2 is 1.45 bits per heavy atom. The minimum atomic E-state index is -0.860. The van der Waals surface area contributed by atoms with Crippen molar-refractivity contribution in [3.8, 4) is 0 Å². The largest absolute Gasteiger partial charge is 0.444 e. The fourth-order valence-electron chi connectivity index (χ4n) is 4.87. The van der Waals surface area contributed by atoms with E-state index in [9.17, 15) is 14.4 Å². The Kier molecular flexibility index (Phi) is 12.7. The second-order valence-corrected chi connectivity index (χ2v) is 11.8. The molecule has 3 amide bonds. The van der Waals surface area contributed by atoms with Crippen molar-refractivity contribution in [1.29, 1.82) is 0 Å². The van der Waals surface area contributed by atoms with Crippen molar-refractivity contribution in [1.82, 2.24) is 10.2 Å². The Balaban J connectivity index is 2.42. The maximum atomic E-state index is 14.1. The zero-order valence-electron chi connectivity index (χ0n) is 25.8. The highest BCUT2D eigenvalue weighted by Crippen LogP contribution is 2.28. The highest BCUT2D eigenvalue weighted by Gasteiger charge is 2.32. The van der Waals surface area contributed by atoms with E-state index in [2.05, 4.69) is 17.6 Å². The van der Waals surface area contributed by atoms with Crippen LogP contribution in [0.5, 0.6) is 0 Å². The van der Waals surface area contributed by atoms with Crippen molar-refractivity contribution in [3.05, 3.63) is 64.2 Å². The Hall–Kier alpha value is -3.35. The molecule has 0 aliphatic carbocycles. The van der Waals surface area contributed by atoms with Crippen molar-refractivity contribution >= 4 is 23.6 Å². The van der Waals surface area contributed by atoms with Crippen LogP contribution in [0.2, 0.25) is 0 Å². The van der Waals surface area contributed by atoms with E-state index in [1.807, 2.05) is 64.1 Å². The molecule has 2 aromatic rings. The number of alkyl carbamates (subject to hydrolysis) is 1. The molecule has 220 valence electrons. The molecule has 1 atom stereocenters. The van der Waals surface area contributed by atoms with Gasteiger partial charge in [-0.1, -0.05) is 86.6 Å². The Morgan fingerprint density at radius 1 is 0.875 bits per heavy atom. The summed E-state index contributed by atoms with van der Waals surface area (Å²) in [6.45, 7) is 15.5. The van der Waals surface area contributed by atoms with Crippen LogP contribution in [0, 0.1) is 27.7 Å². The van der Waals surface area contributed by atoms with Gasteiger partial charge in [0, 0.05) is 12.2 Å². The topological polar surface area (TPSA) is 87.7 Å². The van der Waals surface area contributed by atoms with Crippen LogP contribution >= 0.6 is 0 Å². The molecule has 0 radical (unpaired) electrons. The van der Waals surface area contributed by atoms with Gasteiger partial charge in [-0.15, -0.1) is 0 Å². The molecule has 0 aliphatic heterocycles. The lowest BCUT2D eigenvalue weighted by Crippen LogP contribution is -2.47. The van der Waals surface area contributed by atoms with Gasteiger partial charge in [-0.3, -0.25) is 9.59 Å². The average molecular weight is 552 g/mol. The third-order valence-electron chi connectivity index (χ3n) is 6.70. The minimum absolute atomic E-state index is 0.261. The van der Waals surface area contributed by atoms with Gasteiger partial charge in [-0.2, -0.15) is 0 Å². The molecule has 1 unspecified atom stereocenters. The summed E-state index contributed by atoms with van der Waals surface area (Å²) in [5.74, 6) is -0.612. The number of para-hydroxylation sites is 1. The number of hydrogen-bond acceptors (Lipinski definition) is 4. The van der Waals surface area contributed by atoms with Gasteiger partial charge in [0.05, 0.1) is 0 Å². The molecule has 0 spiro atoms. The summed E-state index contributed by atoms with van der Waals surface area (Å²) in [5.41, 5.74) is 4.75. The van der Waals surface area contributed by atoms with Crippen LogP contribution in [0.4, 0.5) is 10.5 Å².